The van der Waals surface area contributed by atoms with Crippen LogP contribution in [0, 0.1) is 0 Å². The van der Waals surface area contributed by atoms with Gasteiger partial charge < -0.3 is 9.47 Å². The summed E-state index contributed by atoms with van der Waals surface area (Å²) in [5.41, 5.74) is 1.33. The van der Waals surface area contributed by atoms with E-state index in [0.29, 0.717) is 6.10 Å². The third-order valence-electron chi connectivity index (χ3n) is 2.77. The monoisotopic (exact) mass is 196 g/mol. The molecule has 0 N–H and O–H groups in total. The van der Waals surface area contributed by atoms with Crippen LogP contribution in [0.3, 0.4) is 0 Å². The zero-order valence-electron chi connectivity index (χ0n) is 8.49. The van der Waals surface area contributed by atoms with Gasteiger partial charge in [-0.1, -0.05) is 0 Å². The van der Waals surface area contributed by atoms with Crippen molar-refractivity contribution in [2.24, 2.45) is 0 Å². The highest BCUT2D eigenvalue weighted by molar-refractivity contribution is 5.66. The van der Waals surface area contributed by atoms with Crippen LogP contribution in [-0.2, 0) is 14.3 Å². The molecule has 0 aromatic rings. The standard InChI is InChI=1S/C11H16O3/c1-8(12)14-10-4-5-11-9(7-10)3-2-6-13-11/h7,10-11H,2-6H2,1H3/t10-,11+/m1/s1. The molecule has 0 amide bonds. The highest BCUT2D eigenvalue weighted by atomic mass is 16.5. The molecule has 0 spiro atoms. The van der Waals surface area contributed by atoms with Crippen LogP contribution >= 0.6 is 0 Å². The first kappa shape index (κ1) is 9.71. The van der Waals surface area contributed by atoms with Crippen molar-refractivity contribution in [1.29, 1.82) is 0 Å². The summed E-state index contributed by atoms with van der Waals surface area (Å²) in [6.45, 7) is 2.34. The fourth-order valence-electron chi connectivity index (χ4n) is 2.17. The van der Waals surface area contributed by atoms with Gasteiger partial charge in [-0.2, -0.15) is 0 Å². The van der Waals surface area contributed by atoms with Crippen LogP contribution in [0.1, 0.15) is 32.6 Å². The first-order valence-corrected chi connectivity index (χ1v) is 5.25. The van der Waals surface area contributed by atoms with E-state index in [0.717, 1.165) is 32.3 Å². The first-order valence-electron chi connectivity index (χ1n) is 5.25. The predicted octanol–water partition coefficient (Wildman–Crippen LogP) is 1.82. The van der Waals surface area contributed by atoms with Gasteiger partial charge in [-0.25, -0.2) is 0 Å². The molecule has 1 aliphatic carbocycles. The van der Waals surface area contributed by atoms with Gasteiger partial charge in [-0.3, -0.25) is 4.79 Å². The van der Waals surface area contributed by atoms with Crippen molar-refractivity contribution >= 4 is 5.97 Å². The van der Waals surface area contributed by atoms with Crippen LogP contribution in [0.25, 0.3) is 0 Å². The van der Waals surface area contributed by atoms with E-state index in [-0.39, 0.29) is 12.1 Å². The van der Waals surface area contributed by atoms with Crippen LogP contribution in [0.4, 0.5) is 0 Å². The third-order valence-corrected chi connectivity index (χ3v) is 2.77. The van der Waals surface area contributed by atoms with Gasteiger partial charge >= 0.3 is 5.97 Å². The van der Waals surface area contributed by atoms with E-state index in [9.17, 15) is 4.79 Å². The Morgan fingerprint density at radius 2 is 2.43 bits per heavy atom. The average molecular weight is 196 g/mol. The van der Waals surface area contributed by atoms with E-state index < -0.39 is 0 Å². The molecule has 14 heavy (non-hydrogen) atoms. The summed E-state index contributed by atoms with van der Waals surface area (Å²) < 4.78 is 10.8. The highest BCUT2D eigenvalue weighted by Gasteiger charge is 2.26. The van der Waals surface area contributed by atoms with Gasteiger partial charge in [0, 0.05) is 13.5 Å². The molecule has 0 unspecified atom stereocenters. The fraction of sp³-hybridized carbons (Fsp3) is 0.727. The first-order chi connectivity index (χ1) is 6.75. The lowest BCUT2D eigenvalue weighted by Crippen LogP contribution is -2.30. The van der Waals surface area contributed by atoms with E-state index in [1.807, 2.05) is 0 Å². The van der Waals surface area contributed by atoms with Crippen molar-refractivity contribution in [3.63, 3.8) is 0 Å². The number of hydrogen-bond acceptors (Lipinski definition) is 3. The third kappa shape index (κ3) is 2.15. The SMILES string of the molecule is CC(=O)O[C@H]1C=C2CCCO[C@H]2CC1. The number of carbonyl (C=O) groups excluding carboxylic acids is 1. The summed E-state index contributed by atoms with van der Waals surface area (Å²) in [5.74, 6) is -0.193. The minimum atomic E-state index is -0.193. The van der Waals surface area contributed by atoms with Crippen LogP contribution in [0.5, 0.6) is 0 Å². The van der Waals surface area contributed by atoms with E-state index in [4.69, 9.17) is 9.47 Å². The number of ether oxygens (including phenoxy) is 2. The normalized spacial score (nSPS) is 31.6. The van der Waals surface area contributed by atoms with E-state index in [2.05, 4.69) is 6.08 Å². The van der Waals surface area contributed by atoms with Crippen molar-refractivity contribution in [2.45, 2.75) is 44.8 Å². The molecule has 1 aliphatic heterocycles. The molecule has 0 radical (unpaired) electrons. The Morgan fingerprint density at radius 1 is 1.57 bits per heavy atom. The molecular weight excluding hydrogens is 180 g/mol. The summed E-state index contributed by atoms with van der Waals surface area (Å²) in [7, 11) is 0. The summed E-state index contributed by atoms with van der Waals surface area (Å²) in [5, 5.41) is 0. The number of esters is 1. The molecule has 2 aliphatic rings. The van der Waals surface area contributed by atoms with Gasteiger partial charge in [0.05, 0.1) is 6.10 Å². The smallest absolute Gasteiger partial charge is 0.303 e. The van der Waals surface area contributed by atoms with Crippen molar-refractivity contribution in [3.8, 4) is 0 Å². The Bertz CT molecular complexity index is 257. The lowest BCUT2D eigenvalue weighted by molar-refractivity contribution is -0.145. The maximum absolute atomic E-state index is 10.8. The molecule has 0 aromatic heterocycles. The molecule has 2 rings (SSSR count). The Labute approximate surface area is 84.1 Å². The number of rotatable bonds is 1. The number of fused-ring (bicyclic) bond motifs is 1. The highest BCUT2D eigenvalue weighted by Crippen LogP contribution is 2.29. The Kier molecular flexibility index (Phi) is 2.87. The molecule has 3 nitrogen and oxygen atoms in total. The van der Waals surface area contributed by atoms with Crippen LogP contribution < -0.4 is 0 Å². The van der Waals surface area contributed by atoms with Gasteiger partial charge in [0.25, 0.3) is 0 Å². The Morgan fingerprint density at radius 3 is 3.21 bits per heavy atom. The van der Waals surface area contributed by atoms with Gasteiger partial charge in [0.15, 0.2) is 0 Å². The minimum absolute atomic E-state index is 0.0135. The van der Waals surface area contributed by atoms with E-state index in [1.54, 1.807) is 0 Å². The fourth-order valence-corrected chi connectivity index (χ4v) is 2.17. The summed E-state index contributed by atoms with van der Waals surface area (Å²) in [4.78, 5) is 10.8. The topological polar surface area (TPSA) is 35.5 Å². The lowest BCUT2D eigenvalue weighted by Gasteiger charge is -2.31. The molecule has 78 valence electrons. The van der Waals surface area contributed by atoms with Crippen molar-refractivity contribution < 1.29 is 14.3 Å². The summed E-state index contributed by atoms with van der Waals surface area (Å²) >= 11 is 0. The maximum atomic E-state index is 10.8. The van der Waals surface area contributed by atoms with Gasteiger partial charge in [0.1, 0.15) is 6.10 Å². The minimum Gasteiger partial charge on any atom is -0.458 e. The second-order valence-corrected chi connectivity index (χ2v) is 3.93. The molecule has 3 heteroatoms. The Balaban J connectivity index is 2.00. The Hall–Kier alpha value is -0.830. The molecule has 1 heterocycles. The van der Waals surface area contributed by atoms with Crippen LogP contribution in [0.15, 0.2) is 11.6 Å². The molecular formula is C11H16O3. The molecule has 2 atom stereocenters. The maximum Gasteiger partial charge on any atom is 0.303 e. The zero-order chi connectivity index (χ0) is 9.97. The molecule has 1 fully saturated rings. The van der Waals surface area contributed by atoms with E-state index >= 15 is 0 Å². The van der Waals surface area contributed by atoms with Crippen LogP contribution in [-0.4, -0.2) is 24.8 Å². The lowest BCUT2D eigenvalue weighted by atomic mass is 9.90. The predicted molar refractivity (Wildman–Crippen MR) is 51.8 cm³/mol. The molecule has 1 saturated heterocycles. The molecule has 0 aromatic carbocycles. The summed E-state index contributed by atoms with van der Waals surface area (Å²) in [6, 6.07) is 0. The van der Waals surface area contributed by atoms with Gasteiger partial charge in [-0.05, 0) is 37.3 Å². The zero-order valence-corrected chi connectivity index (χ0v) is 8.49. The number of carbonyl (C=O) groups is 1. The van der Waals surface area contributed by atoms with Crippen molar-refractivity contribution in [2.75, 3.05) is 6.61 Å². The van der Waals surface area contributed by atoms with Gasteiger partial charge in [-0.15, -0.1) is 0 Å². The van der Waals surface area contributed by atoms with Crippen molar-refractivity contribution in [3.05, 3.63) is 11.6 Å². The molecule has 0 saturated carbocycles. The molecule has 0 bridgehead atoms. The number of hydrogen-bond donors (Lipinski definition) is 0. The second kappa shape index (κ2) is 4.13. The average Bonchev–Trinajstić information content (AvgIpc) is 2.17. The quantitative estimate of drug-likeness (QED) is 0.474. The largest absolute Gasteiger partial charge is 0.458 e. The van der Waals surface area contributed by atoms with Gasteiger partial charge in [0.2, 0.25) is 0 Å². The van der Waals surface area contributed by atoms with E-state index in [1.165, 1.54) is 12.5 Å². The van der Waals surface area contributed by atoms with Crippen molar-refractivity contribution in [1.82, 2.24) is 0 Å². The van der Waals surface area contributed by atoms with Crippen LogP contribution in [0.2, 0.25) is 0 Å². The second-order valence-electron chi connectivity index (χ2n) is 3.93. The summed E-state index contributed by atoms with van der Waals surface area (Å²) in [6.07, 6.45) is 6.44.